The van der Waals surface area contributed by atoms with Crippen molar-refractivity contribution in [3.05, 3.63) is 47.0 Å². The normalized spacial score (nSPS) is 24.1. The number of ether oxygens (including phenoxy) is 1. The van der Waals surface area contributed by atoms with Gasteiger partial charge in [-0.2, -0.15) is 10.2 Å². The number of amides is 2. The maximum atomic E-state index is 12.1. The van der Waals surface area contributed by atoms with Gasteiger partial charge in [-0.25, -0.2) is 0 Å². The third kappa shape index (κ3) is 1.97. The molecule has 0 bridgehead atoms. The molecule has 0 aromatic carbocycles. The second-order valence-corrected chi connectivity index (χ2v) is 5.10. The zero-order valence-electron chi connectivity index (χ0n) is 11.2. The minimum Gasteiger partial charge on any atom is -0.492 e. The summed E-state index contributed by atoms with van der Waals surface area (Å²) in [5.41, 5.74) is 11.6. The summed E-state index contributed by atoms with van der Waals surface area (Å²) in [4.78, 5) is 23.8. The van der Waals surface area contributed by atoms with Crippen LogP contribution in [0.2, 0.25) is 0 Å². The predicted molar refractivity (Wildman–Crippen MR) is 72.4 cm³/mol. The molecule has 0 saturated carbocycles. The van der Waals surface area contributed by atoms with Crippen molar-refractivity contribution in [1.29, 1.82) is 0 Å². The van der Waals surface area contributed by atoms with Crippen LogP contribution in [0.5, 0.6) is 0 Å². The van der Waals surface area contributed by atoms with E-state index in [4.69, 9.17) is 16.2 Å². The Labute approximate surface area is 120 Å². The van der Waals surface area contributed by atoms with Gasteiger partial charge in [0.05, 0.1) is 23.8 Å². The Morgan fingerprint density at radius 2 is 2.10 bits per heavy atom. The summed E-state index contributed by atoms with van der Waals surface area (Å²) in [5.74, 6) is -0.717. The first kappa shape index (κ1) is 13.3. The van der Waals surface area contributed by atoms with Crippen LogP contribution in [0.3, 0.4) is 0 Å². The van der Waals surface area contributed by atoms with Crippen molar-refractivity contribution in [1.82, 2.24) is 10.2 Å². The van der Waals surface area contributed by atoms with E-state index in [0.717, 1.165) is 5.57 Å². The molecule has 1 aliphatic carbocycles. The number of primary amides is 2. The van der Waals surface area contributed by atoms with E-state index in [1.807, 2.05) is 0 Å². The first-order valence-corrected chi connectivity index (χ1v) is 6.49. The Hall–Kier alpha value is -2.70. The summed E-state index contributed by atoms with van der Waals surface area (Å²) in [5, 5.41) is 7.49. The molecular weight excluding hydrogens is 272 g/mol. The fraction of sp³-hybridized carbons (Fsp3) is 0.286. The van der Waals surface area contributed by atoms with Crippen molar-refractivity contribution in [3.8, 4) is 0 Å². The van der Waals surface area contributed by atoms with Crippen molar-refractivity contribution >= 4 is 11.8 Å². The summed E-state index contributed by atoms with van der Waals surface area (Å²) in [6, 6.07) is 1.66. The quantitative estimate of drug-likeness (QED) is 0.789. The number of hydrogen-bond acceptors (Lipinski definition) is 5. The van der Waals surface area contributed by atoms with Gasteiger partial charge < -0.3 is 16.2 Å². The van der Waals surface area contributed by atoms with Gasteiger partial charge in [0, 0.05) is 12.6 Å². The van der Waals surface area contributed by atoms with Crippen molar-refractivity contribution in [3.63, 3.8) is 0 Å². The Morgan fingerprint density at radius 3 is 2.71 bits per heavy atom. The second kappa shape index (κ2) is 4.69. The highest BCUT2D eigenvalue weighted by molar-refractivity contribution is 6.00. The lowest BCUT2D eigenvalue weighted by Crippen LogP contribution is -2.42. The molecule has 0 radical (unpaired) electrons. The Balaban J connectivity index is 2.19. The molecule has 108 valence electrons. The molecule has 4 N–H and O–H groups in total. The first-order valence-electron chi connectivity index (χ1n) is 6.49. The zero-order valence-corrected chi connectivity index (χ0v) is 11.2. The fourth-order valence-corrected chi connectivity index (χ4v) is 2.85. The van der Waals surface area contributed by atoms with Crippen molar-refractivity contribution in [2.24, 2.45) is 11.5 Å². The molecule has 1 atom stereocenters. The zero-order chi connectivity index (χ0) is 15.0. The third-order valence-electron chi connectivity index (χ3n) is 3.90. The molecule has 1 aliphatic heterocycles. The SMILES string of the molecule is NC(=O)C1=CC(C(N)=O)(c2ccnnc2)CC2=C1OCC2. The molecule has 1 unspecified atom stereocenters. The van der Waals surface area contributed by atoms with Crippen LogP contribution in [0.25, 0.3) is 0 Å². The largest absolute Gasteiger partial charge is 0.492 e. The summed E-state index contributed by atoms with van der Waals surface area (Å²) in [6.45, 7) is 0.471. The van der Waals surface area contributed by atoms with Gasteiger partial charge in [-0.1, -0.05) is 0 Å². The fourth-order valence-electron chi connectivity index (χ4n) is 2.85. The standard InChI is InChI=1S/C14H14N4O3/c15-12(19)10-6-14(13(16)20,9-1-3-17-18-7-9)5-8-2-4-21-11(8)10/h1,3,6-7H,2,4-5H2,(H2,15,19)(H2,16,20). The maximum Gasteiger partial charge on any atom is 0.252 e. The smallest absolute Gasteiger partial charge is 0.252 e. The van der Waals surface area contributed by atoms with E-state index >= 15 is 0 Å². The van der Waals surface area contributed by atoms with Crippen LogP contribution in [-0.4, -0.2) is 28.6 Å². The third-order valence-corrected chi connectivity index (χ3v) is 3.90. The number of carbonyl (C=O) groups is 2. The molecule has 7 nitrogen and oxygen atoms in total. The average Bonchev–Trinajstić information content (AvgIpc) is 2.94. The lowest BCUT2D eigenvalue weighted by atomic mass is 9.70. The van der Waals surface area contributed by atoms with Crippen LogP contribution in [0.4, 0.5) is 0 Å². The van der Waals surface area contributed by atoms with E-state index in [1.165, 1.54) is 18.5 Å². The van der Waals surface area contributed by atoms with E-state index in [-0.39, 0.29) is 5.57 Å². The summed E-state index contributed by atoms with van der Waals surface area (Å²) < 4.78 is 5.47. The first-order chi connectivity index (χ1) is 10.0. The van der Waals surface area contributed by atoms with Gasteiger partial charge in [-0.3, -0.25) is 9.59 Å². The average molecular weight is 286 g/mol. The number of nitrogens with two attached hydrogens (primary N) is 2. The van der Waals surface area contributed by atoms with Gasteiger partial charge >= 0.3 is 0 Å². The van der Waals surface area contributed by atoms with Gasteiger partial charge in [0.1, 0.15) is 5.76 Å². The molecule has 0 spiro atoms. The monoisotopic (exact) mass is 286 g/mol. The molecule has 2 aliphatic rings. The topological polar surface area (TPSA) is 121 Å². The molecule has 2 heterocycles. The van der Waals surface area contributed by atoms with Crippen LogP contribution in [-0.2, 0) is 19.7 Å². The van der Waals surface area contributed by atoms with Gasteiger partial charge in [0.15, 0.2) is 0 Å². The van der Waals surface area contributed by atoms with E-state index in [9.17, 15) is 9.59 Å². The van der Waals surface area contributed by atoms with Crippen LogP contribution in [0.15, 0.2) is 41.4 Å². The van der Waals surface area contributed by atoms with Crippen LogP contribution in [0, 0.1) is 0 Å². The van der Waals surface area contributed by atoms with E-state index in [0.29, 0.717) is 30.8 Å². The highest BCUT2D eigenvalue weighted by Gasteiger charge is 2.44. The van der Waals surface area contributed by atoms with Crippen LogP contribution >= 0.6 is 0 Å². The van der Waals surface area contributed by atoms with E-state index in [1.54, 1.807) is 6.07 Å². The van der Waals surface area contributed by atoms with Gasteiger partial charge in [0.25, 0.3) is 5.91 Å². The predicted octanol–water partition coefficient (Wildman–Crippen LogP) is -0.310. The molecule has 1 aromatic rings. The molecule has 0 saturated heterocycles. The van der Waals surface area contributed by atoms with Gasteiger partial charge in [0.2, 0.25) is 5.91 Å². The Kier molecular flexibility index (Phi) is 2.97. The number of aromatic nitrogens is 2. The summed E-state index contributed by atoms with van der Waals surface area (Å²) >= 11 is 0. The second-order valence-electron chi connectivity index (χ2n) is 5.10. The Morgan fingerprint density at radius 1 is 1.29 bits per heavy atom. The molecule has 1 aromatic heterocycles. The van der Waals surface area contributed by atoms with Crippen molar-refractivity contribution in [2.75, 3.05) is 6.61 Å². The number of hydrogen-bond donors (Lipinski definition) is 2. The van der Waals surface area contributed by atoms with Crippen molar-refractivity contribution < 1.29 is 14.3 Å². The van der Waals surface area contributed by atoms with Crippen LogP contribution < -0.4 is 11.5 Å². The lowest BCUT2D eigenvalue weighted by molar-refractivity contribution is -0.122. The highest BCUT2D eigenvalue weighted by atomic mass is 16.5. The minimum absolute atomic E-state index is 0.198. The summed E-state index contributed by atoms with van der Waals surface area (Å²) in [6.07, 6.45) is 5.46. The number of carbonyl (C=O) groups excluding carboxylic acids is 2. The van der Waals surface area contributed by atoms with Gasteiger partial charge in [-0.15, -0.1) is 0 Å². The molecular formula is C14H14N4O3. The molecule has 0 fully saturated rings. The molecule has 2 amide bonds. The lowest BCUT2D eigenvalue weighted by Gasteiger charge is -2.32. The minimum atomic E-state index is -1.15. The highest BCUT2D eigenvalue weighted by Crippen LogP contribution is 2.43. The molecule has 21 heavy (non-hydrogen) atoms. The van der Waals surface area contributed by atoms with Crippen molar-refractivity contribution in [2.45, 2.75) is 18.3 Å². The van der Waals surface area contributed by atoms with E-state index in [2.05, 4.69) is 10.2 Å². The number of nitrogens with zero attached hydrogens (tertiary/aromatic N) is 2. The van der Waals surface area contributed by atoms with Gasteiger partial charge in [-0.05, 0) is 29.7 Å². The maximum absolute atomic E-state index is 12.1. The molecule has 7 heteroatoms. The van der Waals surface area contributed by atoms with Crippen LogP contribution in [0.1, 0.15) is 18.4 Å². The molecule has 3 rings (SSSR count). The number of rotatable bonds is 3. The van der Waals surface area contributed by atoms with E-state index < -0.39 is 17.2 Å². The summed E-state index contributed by atoms with van der Waals surface area (Å²) in [7, 11) is 0. The Bertz CT molecular complexity index is 681.